The lowest BCUT2D eigenvalue weighted by atomic mass is 9.99. The van der Waals surface area contributed by atoms with Crippen LogP contribution in [-0.4, -0.2) is 40.3 Å². The molecule has 1 aliphatic rings. The highest BCUT2D eigenvalue weighted by molar-refractivity contribution is 7.14. The monoisotopic (exact) mass is 373 g/mol. The molecule has 136 valence electrons. The second-order valence-electron chi connectivity index (χ2n) is 6.05. The molecule has 0 aliphatic carbocycles. The van der Waals surface area contributed by atoms with Crippen LogP contribution >= 0.6 is 11.3 Å². The van der Waals surface area contributed by atoms with E-state index in [4.69, 9.17) is 4.74 Å². The lowest BCUT2D eigenvalue weighted by molar-refractivity contribution is -0.140. The Labute approximate surface area is 155 Å². The van der Waals surface area contributed by atoms with Crippen molar-refractivity contribution < 1.29 is 19.1 Å². The number of hydrogen-bond acceptors (Lipinski definition) is 6. The summed E-state index contributed by atoms with van der Waals surface area (Å²) in [6.07, 6.45) is -0.118. The van der Waals surface area contributed by atoms with Crippen molar-refractivity contribution in [1.82, 2.24) is 9.88 Å². The van der Waals surface area contributed by atoms with Gasteiger partial charge in [0.05, 0.1) is 0 Å². The van der Waals surface area contributed by atoms with Crippen molar-refractivity contribution in [1.29, 1.82) is 0 Å². The van der Waals surface area contributed by atoms with Gasteiger partial charge in [0, 0.05) is 25.4 Å². The molecule has 2 heterocycles. The third kappa shape index (κ3) is 4.08. The van der Waals surface area contributed by atoms with E-state index in [1.165, 1.54) is 17.9 Å². The number of rotatable bonds is 4. The number of esters is 1. The summed E-state index contributed by atoms with van der Waals surface area (Å²) < 4.78 is 5.26. The quantitative estimate of drug-likeness (QED) is 0.831. The first-order chi connectivity index (χ1) is 12.4. The van der Waals surface area contributed by atoms with Crippen molar-refractivity contribution in [3.63, 3.8) is 0 Å². The number of nitrogens with zero attached hydrogens (tertiary/aromatic N) is 2. The van der Waals surface area contributed by atoms with E-state index in [1.807, 2.05) is 18.2 Å². The Balaban J connectivity index is 1.60. The van der Waals surface area contributed by atoms with Gasteiger partial charge >= 0.3 is 5.97 Å². The Morgan fingerprint density at radius 1 is 1.27 bits per heavy atom. The van der Waals surface area contributed by atoms with Crippen LogP contribution in [0.3, 0.4) is 0 Å². The fraction of sp³-hybridized carbons (Fsp3) is 0.333. The molecule has 0 bridgehead atoms. The van der Waals surface area contributed by atoms with Gasteiger partial charge in [0.1, 0.15) is 0 Å². The van der Waals surface area contributed by atoms with E-state index >= 15 is 0 Å². The summed E-state index contributed by atoms with van der Waals surface area (Å²) in [5.41, 5.74) is 2.43. The molecule has 2 amide bonds. The topological polar surface area (TPSA) is 88.6 Å². The Morgan fingerprint density at radius 2 is 2.00 bits per heavy atom. The lowest BCUT2D eigenvalue weighted by Gasteiger charge is -2.30. The smallest absolute Gasteiger partial charge is 0.358 e. The molecule has 26 heavy (non-hydrogen) atoms. The van der Waals surface area contributed by atoms with Crippen molar-refractivity contribution >= 4 is 34.3 Å². The summed E-state index contributed by atoms with van der Waals surface area (Å²) in [4.78, 5) is 41.5. The van der Waals surface area contributed by atoms with Gasteiger partial charge in [-0.25, -0.2) is 9.78 Å². The molecule has 1 atom stereocenters. The molecule has 1 aromatic carbocycles. The predicted molar refractivity (Wildman–Crippen MR) is 96.9 cm³/mol. The summed E-state index contributed by atoms with van der Waals surface area (Å²) >= 11 is 1.12. The van der Waals surface area contributed by atoms with Gasteiger partial charge in [0.2, 0.25) is 5.91 Å². The average molecular weight is 373 g/mol. The van der Waals surface area contributed by atoms with Gasteiger partial charge in [-0.2, -0.15) is 0 Å². The Morgan fingerprint density at radius 3 is 2.73 bits per heavy atom. The summed E-state index contributed by atoms with van der Waals surface area (Å²) in [5, 5.41) is 4.31. The number of carbonyl (C=O) groups excluding carboxylic acids is 3. The molecule has 1 N–H and O–H groups in total. The predicted octanol–water partition coefficient (Wildman–Crippen LogP) is 2.23. The highest BCUT2D eigenvalue weighted by Gasteiger charge is 2.27. The van der Waals surface area contributed by atoms with Crippen LogP contribution in [-0.2, 0) is 27.3 Å². The van der Waals surface area contributed by atoms with Crippen LogP contribution in [0.15, 0.2) is 29.6 Å². The first-order valence-electron chi connectivity index (χ1n) is 8.23. The average Bonchev–Trinajstić information content (AvgIpc) is 3.08. The van der Waals surface area contributed by atoms with Crippen molar-refractivity contribution in [2.75, 3.05) is 11.9 Å². The minimum absolute atomic E-state index is 0.0717. The molecule has 1 unspecified atom stereocenters. The largest absolute Gasteiger partial charge is 0.448 e. The third-order valence-corrected chi connectivity index (χ3v) is 4.83. The van der Waals surface area contributed by atoms with Gasteiger partial charge in [0.15, 0.2) is 16.9 Å². The van der Waals surface area contributed by atoms with Crippen LogP contribution in [0.2, 0.25) is 0 Å². The molecular formula is C18H19N3O4S. The number of aromatic nitrogens is 1. The zero-order chi connectivity index (χ0) is 18.7. The van der Waals surface area contributed by atoms with Crippen molar-refractivity contribution in [2.45, 2.75) is 32.9 Å². The molecule has 0 spiro atoms. The SMILES string of the molecule is CC(=O)Nc1nc(C(=O)OC(C)C(=O)N2CCc3ccccc3C2)cs1. The number of benzene rings is 1. The molecule has 1 aliphatic heterocycles. The maximum atomic E-state index is 12.6. The number of carbonyl (C=O) groups is 3. The van der Waals surface area contributed by atoms with Crippen LogP contribution in [0.25, 0.3) is 0 Å². The number of anilines is 1. The van der Waals surface area contributed by atoms with Gasteiger partial charge in [0.25, 0.3) is 5.91 Å². The molecule has 8 heteroatoms. The second-order valence-corrected chi connectivity index (χ2v) is 6.90. The summed E-state index contributed by atoms with van der Waals surface area (Å²) in [7, 11) is 0. The number of ether oxygens (including phenoxy) is 1. The minimum atomic E-state index is -0.904. The fourth-order valence-electron chi connectivity index (χ4n) is 2.79. The van der Waals surface area contributed by atoms with Gasteiger partial charge in [-0.1, -0.05) is 24.3 Å². The second kappa shape index (κ2) is 7.65. The van der Waals surface area contributed by atoms with E-state index in [9.17, 15) is 14.4 Å². The molecule has 0 saturated heterocycles. The zero-order valence-electron chi connectivity index (χ0n) is 14.5. The maximum absolute atomic E-state index is 12.6. The number of thiazole rings is 1. The van der Waals surface area contributed by atoms with Crippen molar-refractivity contribution in [2.24, 2.45) is 0 Å². The van der Waals surface area contributed by atoms with Crippen LogP contribution < -0.4 is 5.32 Å². The van der Waals surface area contributed by atoms with Gasteiger partial charge < -0.3 is 15.0 Å². The molecule has 0 saturated carbocycles. The third-order valence-electron chi connectivity index (χ3n) is 4.07. The highest BCUT2D eigenvalue weighted by atomic mass is 32.1. The standard InChI is InChI=1S/C18H19N3O4S/c1-11(25-17(24)15-10-26-18(20-15)19-12(2)22)16(23)21-8-7-13-5-3-4-6-14(13)9-21/h3-6,10-11H,7-9H2,1-2H3,(H,19,20,22). The highest BCUT2D eigenvalue weighted by Crippen LogP contribution is 2.20. The molecule has 0 radical (unpaired) electrons. The van der Waals surface area contributed by atoms with E-state index in [0.29, 0.717) is 18.2 Å². The summed E-state index contributed by atoms with van der Waals surface area (Å²) in [6, 6.07) is 8.01. The molecule has 7 nitrogen and oxygen atoms in total. The molecule has 2 aromatic rings. The fourth-order valence-corrected chi connectivity index (χ4v) is 3.51. The minimum Gasteiger partial charge on any atom is -0.448 e. The van der Waals surface area contributed by atoms with Crippen LogP contribution in [0.4, 0.5) is 5.13 Å². The number of nitrogens with one attached hydrogen (secondary N) is 1. The first-order valence-corrected chi connectivity index (χ1v) is 9.11. The van der Waals surface area contributed by atoms with E-state index in [1.54, 1.807) is 11.8 Å². The molecule has 1 aromatic heterocycles. The van der Waals surface area contributed by atoms with Gasteiger partial charge in [-0.05, 0) is 24.5 Å². The number of hydrogen-bond donors (Lipinski definition) is 1. The van der Waals surface area contributed by atoms with E-state index in [2.05, 4.69) is 16.4 Å². The number of fused-ring (bicyclic) bond motifs is 1. The Kier molecular flexibility index (Phi) is 5.32. The van der Waals surface area contributed by atoms with Gasteiger partial charge in [-0.3, -0.25) is 9.59 Å². The number of amides is 2. The van der Waals surface area contributed by atoms with E-state index in [0.717, 1.165) is 23.3 Å². The Hall–Kier alpha value is -2.74. The van der Waals surface area contributed by atoms with E-state index in [-0.39, 0.29) is 17.5 Å². The lowest BCUT2D eigenvalue weighted by Crippen LogP contribution is -2.42. The first kappa shape index (κ1) is 18.1. The molecule has 0 fully saturated rings. The van der Waals surface area contributed by atoms with Crippen LogP contribution in [0, 0.1) is 0 Å². The van der Waals surface area contributed by atoms with Crippen molar-refractivity contribution in [3.8, 4) is 0 Å². The van der Waals surface area contributed by atoms with E-state index < -0.39 is 12.1 Å². The summed E-state index contributed by atoms with van der Waals surface area (Å²) in [6.45, 7) is 4.03. The zero-order valence-corrected chi connectivity index (χ0v) is 15.3. The van der Waals surface area contributed by atoms with Crippen molar-refractivity contribution in [3.05, 3.63) is 46.5 Å². The van der Waals surface area contributed by atoms with Gasteiger partial charge in [-0.15, -0.1) is 11.3 Å². The normalized spacial score (nSPS) is 14.3. The molecule has 3 rings (SSSR count). The van der Waals surface area contributed by atoms with Crippen LogP contribution in [0.1, 0.15) is 35.5 Å². The molecular weight excluding hydrogens is 354 g/mol. The maximum Gasteiger partial charge on any atom is 0.358 e. The van der Waals surface area contributed by atoms with Crippen LogP contribution in [0.5, 0.6) is 0 Å². The Bertz CT molecular complexity index is 848. The summed E-state index contributed by atoms with van der Waals surface area (Å²) in [5.74, 6) is -1.19.